The van der Waals surface area contributed by atoms with Gasteiger partial charge in [0.2, 0.25) is 5.91 Å². The van der Waals surface area contributed by atoms with Crippen molar-refractivity contribution < 1.29 is 9.59 Å². The number of anilines is 2. The van der Waals surface area contributed by atoms with Crippen LogP contribution in [0.15, 0.2) is 42.9 Å². The van der Waals surface area contributed by atoms with Crippen molar-refractivity contribution in [3.63, 3.8) is 0 Å². The monoisotopic (exact) mass is 339 g/mol. The van der Waals surface area contributed by atoms with Gasteiger partial charge in [0.1, 0.15) is 5.82 Å². The molecule has 2 aromatic rings. The van der Waals surface area contributed by atoms with Gasteiger partial charge in [0.15, 0.2) is 0 Å². The first-order chi connectivity index (χ1) is 12.2. The number of hydrogen-bond acceptors (Lipinski definition) is 5. The lowest BCUT2D eigenvalue weighted by Gasteiger charge is -2.31. The summed E-state index contributed by atoms with van der Waals surface area (Å²) in [6.45, 7) is 1.55. The van der Waals surface area contributed by atoms with Crippen LogP contribution in [0.5, 0.6) is 0 Å². The highest BCUT2D eigenvalue weighted by Crippen LogP contribution is 2.22. The second kappa shape index (κ2) is 7.74. The van der Waals surface area contributed by atoms with Crippen LogP contribution in [-0.4, -0.2) is 41.9 Å². The van der Waals surface area contributed by atoms with Crippen molar-refractivity contribution in [2.45, 2.75) is 12.8 Å². The van der Waals surface area contributed by atoms with Crippen molar-refractivity contribution in [3.8, 4) is 0 Å². The van der Waals surface area contributed by atoms with Gasteiger partial charge in [-0.1, -0.05) is 6.07 Å². The highest BCUT2D eigenvalue weighted by Gasteiger charge is 2.25. The van der Waals surface area contributed by atoms with Gasteiger partial charge in [-0.2, -0.15) is 0 Å². The quantitative estimate of drug-likeness (QED) is 0.885. The third kappa shape index (κ3) is 4.12. The van der Waals surface area contributed by atoms with E-state index in [1.54, 1.807) is 49.9 Å². The summed E-state index contributed by atoms with van der Waals surface area (Å²) in [6, 6.07) is 6.95. The molecule has 1 saturated heterocycles. The van der Waals surface area contributed by atoms with Gasteiger partial charge >= 0.3 is 0 Å². The highest BCUT2D eigenvalue weighted by atomic mass is 16.2. The highest BCUT2D eigenvalue weighted by molar-refractivity contribution is 5.97. The minimum Gasteiger partial charge on any atom is -0.355 e. The second-order valence-electron chi connectivity index (χ2n) is 5.97. The van der Waals surface area contributed by atoms with Crippen LogP contribution in [-0.2, 0) is 4.79 Å². The summed E-state index contributed by atoms with van der Waals surface area (Å²) in [4.78, 5) is 34.7. The molecule has 2 heterocycles. The molecule has 7 nitrogen and oxygen atoms in total. The normalized spacial score (nSPS) is 14.8. The molecular formula is C18H21N5O2. The third-order valence-corrected chi connectivity index (χ3v) is 4.36. The molecule has 0 radical (unpaired) electrons. The fraction of sp³-hybridized carbons (Fsp3) is 0.333. The zero-order valence-corrected chi connectivity index (χ0v) is 14.1. The summed E-state index contributed by atoms with van der Waals surface area (Å²) >= 11 is 0. The van der Waals surface area contributed by atoms with Crippen molar-refractivity contribution >= 4 is 23.3 Å². The Kier molecular flexibility index (Phi) is 5.23. The van der Waals surface area contributed by atoms with Gasteiger partial charge in [-0.3, -0.25) is 14.6 Å². The summed E-state index contributed by atoms with van der Waals surface area (Å²) in [5, 5.41) is 5.50. The molecular weight excluding hydrogens is 318 g/mol. The number of carbonyl (C=O) groups is 2. The van der Waals surface area contributed by atoms with Gasteiger partial charge in [0, 0.05) is 49.7 Å². The van der Waals surface area contributed by atoms with Crippen molar-refractivity contribution in [2.24, 2.45) is 5.92 Å². The molecule has 130 valence electrons. The van der Waals surface area contributed by atoms with E-state index in [9.17, 15) is 9.59 Å². The van der Waals surface area contributed by atoms with Crippen LogP contribution >= 0.6 is 0 Å². The van der Waals surface area contributed by atoms with Gasteiger partial charge in [-0.25, -0.2) is 4.98 Å². The molecule has 1 aromatic heterocycles. The van der Waals surface area contributed by atoms with Crippen LogP contribution in [0.1, 0.15) is 23.2 Å². The second-order valence-corrected chi connectivity index (χ2v) is 5.97. The Balaban J connectivity index is 1.57. The van der Waals surface area contributed by atoms with E-state index in [0.29, 0.717) is 11.3 Å². The molecule has 7 heteroatoms. The Hall–Kier alpha value is -2.96. The molecule has 1 aromatic carbocycles. The molecule has 2 N–H and O–H groups in total. The van der Waals surface area contributed by atoms with Crippen molar-refractivity contribution in [3.05, 3.63) is 48.4 Å². The average molecular weight is 339 g/mol. The molecule has 0 atom stereocenters. The average Bonchev–Trinajstić information content (AvgIpc) is 2.68. The number of hydrogen-bond donors (Lipinski definition) is 2. The minimum atomic E-state index is -0.173. The molecule has 1 aliphatic rings. The topological polar surface area (TPSA) is 87.2 Å². The van der Waals surface area contributed by atoms with E-state index in [4.69, 9.17) is 0 Å². The lowest BCUT2D eigenvalue weighted by atomic mass is 9.96. The maximum absolute atomic E-state index is 12.5. The molecule has 0 unspecified atom stereocenters. The van der Waals surface area contributed by atoms with Crippen LogP contribution in [0.4, 0.5) is 11.5 Å². The van der Waals surface area contributed by atoms with Crippen molar-refractivity contribution in [1.82, 2.24) is 15.3 Å². The standard InChI is InChI=1S/C18H21N5O2/c1-19-17(24)14-3-2-4-15(11-14)22-18(25)13-5-9-23(10-6-13)16-12-20-7-8-21-16/h2-4,7-8,11-13H,5-6,9-10H2,1H3,(H,19,24)(H,22,25). The van der Waals surface area contributed by atoms with E-state index < -0.39 is 0 Å². The predicted molar refractivity (Wildman–Crippen MR) is 95.4 cm³/mol. The summed E-state index contributed by atoms with van der Waals surface area (Å²) in [5.41, 5.74) is 1.17. The first-order valence-corrected chi connectivity index (χ1v) is 8.31. The number of benzene rings is 1. The molecule has 0 aliphatic carbocycles. The van der Waals surface area contributed by atoms with E-state index in [1.165, 1.54) is 0 Å². The number of nitrogens with zero attached hydrogens (tertiary/aromatic N) is 3. The number of amides is 2. The summed E-state index contributed by atoms with van der Waals surface area (Å²) < 4.78 is 0. The first kappa shape index (κ1) is 16.9. The van der Waals surface area contributed by atoms with Crippen LogP contribution in [0, 0.1) is 5.92 Å². The van der Waals surface area contributed by atoms with Crippen LogP contribution in [0.3, 0.4) is 0 Å². The summed E-state index contributed by atoms with van der Waals surface area (Å²) in [7, 11) is 1.58. The molecule has 1 fully saturated rings. The lowest BCUT2D eigenvalue weighted by Crippen LogP contribution is -2.38. The molecule has 1 aliphatic heterocycles. The Morgan fingerprint density at radius 1 is 1.20 bits per heavy atom. The van der Waals surface area contributed by atoms with E-state index in [2.05, 4.69) is 25.5 Å². The van der Waals surface area contributed by atoms with E-state index >= 15 is 0 Å². The first-order valence-electron chi connectivity index (χ1n) is 8.31. The maximum atomic E-state index is 12.5. The predicted octanol–water partition coefficient (Wildman–Crippen LogP) is 1.69. The third-order valence-electron chi connectivity index (χ3n) is 4.36. The Bertz CT molecular complexity index is 742. The van der Waals surface area contributed by atoms with Crippen LogP contribution in [0.25, 0.3) is 0 Å². The smallest absolute Gasteiger partial charge is 0.251 e. The van der Waals surface area contributed by atoms with Gasteiger partial charge in [-0.15, -0.1) is 0 Å². The molecule has 3 rings (SSSR count). The molecule has 0 saturated carbocycles. The van der Waals surface area contributed by atoms with Gasteiger partial charge in [0.25, 0.3) is 5.91 Å². The van der Waals surface area contributed by atoms with E-state index in [1.807, 2.05) is 0 Å². The summed E-state index contributed by atoms with van der Waals surface area (Å²) in [6.07, 6.45) is 6.59. The molecule has 25 heavy (non-hydrogen) atoms. The fourth-order valence-electron chi connectivity index (χ4n) is 2.95. The maximum Gasteiger partial charge on any atom is 0.251 e. The molecule has 2 amide bonds. The van der Waals surface area contributed by atoms with Crippen LogP contribution < -0.4 is 15.5 Å². The largest absolute Gasteiger partial charge is 0.355 e. The molecule has 0 spiro atoms. The Morgan fingerprint density at radius 2 is 2.00 bits per heavy atom. The van der Waals surface area contributed by atoms with E-state index in [-0.39, 0.29) is 17.7 Å². The number of rotatable bonds is 4. The number of nitrogens with one attached hydrogen (secondary N) is 2. The SMILES string of the molecule is CNC(=O)c1cccc(NC(=O)C2CCN(c3cnccn3)CC2)c1. The fourth-order valence-corrected chi connectivity index (χ4v) is 2.95. The van der Waals surface area contributed by atoms with Crippen molar-refractivity contribution in [1.29, 1.82) is 0 Å². The lowest BCUT2D eigenvalue weighted by molar-refractivity contribution is -0.120. The Labute approximate surface area is 146 Å². The van der Waals surface area contributed by atoms with Gasteiger partial charge in [0.05, 0.1) is 6.20 Å². The van der Waals surface area contributed by atoms with E-state index in [0.717, 1.165) is 31.7 Å². The number of piperidine rings is 1. The number of carbonyl (C=O) groups excluding carboxylic acids is 2. The summed E-state index contributed by atoms with van der Waals surface area (Å²) in [5.74, 6) is 0.623. The van der Waals surface area contributed by atoms with Gasteiger partial charge in [-0.05, 0) is 31.0 Å². The Morgan fingerprint density at radius 3 is 2.68 bits per heavy atom. The zero-order valence-electron chi connectivity index (χ0n) is 14.1. The van der Waals surface area contributed by atoms with Gasteiger partial charge < -0.3 is 15.5 Å². The zero-order chi connectivity index (χ0) is 17.6. The minimum absolute atomic E-state index is 0.00662. The van der Waals surface area contributed by atoms with Crippen LogP contribution in [0.2, 0.25) is 0 Å². The number of aromatic nitrogens is 2. The van der Waals surface area contributed by atoms with Crippen molar-refractivity contribution in [2.75, 3.05) is 30.4 Å². The molecule has 0 bridgehead atoms.